The van der Waals surface area contributed by atoms with Gasteiger partial charge >= 0.3 is 0 Å². The van der Waals surface area contributed by atoms with Gasteiger partial charge in [0.05, 0.1) is 25.4 Å². The SMILES string of the molecule is Cn1cnc2c(ncn2[C@@H]2O[C@H](CO)CC2O)c1=N. The van der Waals surface area contributed by atoms with Crippen molar-refractivity contribution in [1.29, 1.82) is 5.41 Å². The van der Waals surface area contributed by atoms with Crippen molar-refractivity contribution < 1.29 is 14.9 Å². The van der Waals surface area contributed by atoms with Gasteiger partial charge < -0.3 is 19.5 Å². The maximum Gasteiger partial charge on any atom is 0.167 e. The summed E-state index contributed by atoms with van der Waals surface area (Å²) in [7, 11) is 1.72. The molecule has 0 saturated carbocycles. The van der Waals surface area contributed by atoms with Gasteiger partial charge in [0.2, 0.25) is 0 Å². The molecule has 0 aromatic carbocycles. The van der Waals surface area contributed by atoms with E-state index in [1.54, 1.807) is 16.2 Å². The van der Waals surface area contributed by atoms with Crippen molar-refractivity contribution in [2.75, 3.05) is 6.61 Å². The van der Waals surface area contributed by atoms with E-state index in [1.807, 2.05) is 0 Å². The van der Waals surface area contributed by atoms with Crippen molar-refractivity contribution in [1.82, 2.24) is 19.1 Å². The quantitative estimate of drug-likeness (QED) is 0.638. The lowest BCUT2D eigenvalue weighted by molar-refractivity contribution is -0.0487. The molecule has 1 fully saturated rings. The third kappa shape index (κ3) is 1.84. The third-order valence-electron chi connectivity index (χ3n) is 3.34. The fraction of sp³-hybridized carbons (Fsp3) is 0.545. The number of aryl methyl sites for hydroxylation is 1. The Kier molecular flexibility index (Phi) is 2.85. The fourth-order valence-corrected chi connectivity index (χ4v) is 2.30. The first kappa shape index (κ1) is 12.3. The molecule has 0 aliphatic carbocycles. The van der Waals surface area contributed by atoms with Crippen molar-refractivity contribution in [3.8, 4) is 0 Å². The van der Waals surface area contributed by atoms with Crippen molar-refractivity contribution in [3.63, 3.8) is 0 Å². The number of nitrogens with zero attached hydrogens (tertiary/aromatic N) is 4. The zero-order valence-corrected chi connectivity index (χ0v) is 10.4. The maximum atomic E-state index is 9.98. The molecule has 19 heavy (non-hydrogen) atoms. The van der Waals surface area contributed by atoms with Gasteiger partial charge in [0.15, 0.2) is 17.4 Å². The minimum Gasteiger partial charge on any atom is -0.394 e. The van der Waals surface area contributed by atoms with Gasteiger partial charge in [-0.1, -0.05) is 0 Å². The molecule has 3 heterocycles. The Morgan fingerprint density at radius 2 is 2.26 bits per heavy atom. The zero-order valence-electron chi connectivity index (χ0n) is 10.4. The molecule has 3 N–H and O–H groups in total. The van der Waals surface area contributed by atoms with Crippen LogP contribution in [0.25, 0.3) is 11.2 Å². The van der Waals surface area contributed by atoms with Gasteiger partial charge in [0.1, 0.15) is 11.6 Å². The van der Waals surface area contributed by atoms with E-state index in [9.17, 15) is 5.11 Å². The first-order valence-electron chi connectivity index (χ1n) is 5.99. The standard InChI is InChI=1S/C11H15N5O3/c1-15-4-14-10-8(9(15)12)13-5-16(10)11-7(18)2-6(3-17)19-11/h4-7,11-12,17-18H,2-3H2,1H3/t6-,7?,11+/m0/s1. The topological polar surface area (TPSA) is 109 Å². The Morgan fingerprint density at radius 3 is 2.95 bits per heavy atom. The molecule has 3 rings (SSSR count). The molecule has 0 amide bonds. The Labute approximate surface area is 108 Å². The number of hydrogen-bond donors (Lipinski definition) is 3. The highest BCUT2D eigenvalue weighted by Gasteiger charge is 2.35. The summed E-state index contributed by atoms with van der Waals surface area (Å²) in [6.45, 7) is -0.133. The van der Waals surface area contributed by atoms with Crippen LogP contribution in [0.1, 0.15) is 12.6 Å². The van der Waals surface area contributed by atoms with Gasteiger partial charge in [0, 0.05) is 13.5 Å². The molecule has 1 aliphatic heterocycles. The highest BCUT2D eigenvalue weighted by atomic mass is 16.5. The number of fused-ring (bicyclic) bond motifs is 1. The maximum absolute atomic E-state index is 9.98. The summed E-state index contributed by atoms with van der Waals surface area (Å²) < 4.78 is 8.72. The summed E-state index contributed by atoms with van der Waals surface area (Å²) in [6, 6.07) is 0. The van der Waals surface area contributed by atoms with E-state index >= 15 is 0 Å². The van der Waals surface area contributed by atoms with Crippen LogP contribution < -0.4 is 5.49 Å². The van der Waals surface area contributed by atoms with Crippen LogP contribution in [0.15, 0.2) is 12.7 Å². The highest BCUT2D eigenvalue weighted by Crippen LogP contribution is 2.30. The van der Waals surface area contributed by atoms with Gasteiger partial charge in [-0.25, -0.2) is 9.97 Å². The normalized spacial score (nSPS) is 27.2. The molecule has 0 bridgehead atoms. The van der Waals surface area contributed by atoms with Crippen LogP contribution in [0.4, 0.5) is 0 Å². The van der Waals surface area contributed by atoms with E-state index < -0.39 is 12.3 Å². The van der Waals surface area contributed by atoms with Gasteiger partial charge in [-0.15, -0.1) is 0 Å². The van der Waals surface area contributed by atoms with E-state index in [-0.39, 0.29) is 18.2 Å². The van der Waals surface area contributed by atoms with Crippen LogP contribution in [0, 0.1) is 5.41 Å². The van der Waals surface area contributed by atoms with Crippen LogP contribution in [0.3, 0.4) is 0 Å². The smallest absolute Gasteiger partial charge is 0.167 e. The summed E-state index contributed by atoms with van der Waals surface area (Å²) in [5.41, 5.74) is 1.19. The molecule has 8 heteroatoms. The molecule has 0 radical (unpaired) electrons. The largest absolute Gasteiger partial charge is 0.394 e. The van der Waals surface area contributed by atoms with E-state index in [1.165, 1.54) is 12.7 Å². The molecule has 2 aromatic heterocycles. The number of aliphatic hydroxyl groups excluding tert-OH is 2. The summed E-state index contributed by atoms with van der Waals surface area (Å²) in [6.07, 6.45) is 1.67. The molecule has 3 atom stereocenters. The lowest BCUT2D eigenvalue weighted by Crippen LogP contribution is -2.21. The van der Waals surface area contributed by atoms with Crippen LogP contribution in [0.5, 0.6) is 0 Å². The van der Waals surface area contributed by atoms with Crippen LogP contribution in [-0.4, -0.2) is 48.1 Å². The number of nitrogens with one attached hydrogen (secondary N) is 1. The van der Waals surface area contributed by atoms with Gasteiger partial charge in [-0.05, 0) is 0 Å². The third-order valence-corrected chi connectivity index (χ3v) is 3.34. The summed E-state index contributed by atoms with van der Waals surface area (Å²) in [5, 5.41) is 27.0. The Balaban J connectivity index is 2.07. The minimum atomic E-state index is -0.723. The van der Waals surface area contributed by atoms with Crippen molar-refractivity contribution in [2.24, 2.45) is 7.05 Å². The van der Waals surface area contributed by atoms with Crippen LogP contribution in [-0.2, 0) is 11.8 Å². The fourth-order valence-electron chi connectivity index (χ4n) is 2.30. The van der Waals surface area contributed by atoms with Crippen molar-refractivity contribution in [3.05, 3.63) is 18.1 Å². The lowest BCUT2D eigenvalue weighted by atomic mass is 10.2. The average Bonchev–Trinajstić information content (AvgIpc) is 2.97. The summed E-state index contributed by atoms with van der Waals surface area (Å²) in [5.74, 6) is 0. The highest BCUT2D eigenvalue weighted by molar-refractivity contribution is 5.68. The number of hydrogen-bond acceptors (Lipinski definition) is 6. The van der Waals surface area contributed by atoms with E-state index in [0.717, 1.165) is 0 Å². The van der Waals surface area contributed by atoms with Crippen LogP contribution in [0.2, 0.25) is 0 Å². The molecule has 1 aliphatic rings. The van der Waals surface area contributed by atoms with E-state index in [0.29, 0.717) is 17.6 Å². The Bertz CT molecular complexity index is 664. The zero-order chi connectivity index (χ0) is 13.6. The molecule has 102 valence electrons. The first-order valence-corrected chi connectivity index (χ1v) is 5.99. The number of aromatic nitrogens is 4. The molecule has 8 nitrogen and oxygen atoms in total. The van der Waals surface area contributed by atoms with Crippen LogP contribution >= 0.6 is 0 Å². The monoisotopic (exact) mass is 265 g/mol. The van der Waals surface area contributed by atoms with Crippen molar-refractivity contribution >= 4 is 11.2 Å². The van der Waals surface area contributed by atoms with Gasteiger partial charge in [-0.2, -0.15) is 0 Å². The Morgan fingerprint density at radius 1 is 1.47 bits per heavy atom. The predicted octanol–water partition coefficient (Wildman–Crippen LogP) is -1.11. The summed E-state index contributed by atoms with van der Waals surface area (Å²) in [4.78, 5) is 8.37. The molecular weight excluding hydrogens is 250 g/mol. The summed E-state index contributed by atoms with van der Waals surface area (Å²) >= 11 is 0. The second kappa shape index (κ2) is 4.41. The Hall–Kier alpha value is -1.77. The lowest BCUT2D eigenvalue weighted by Gasteiger charge is -2.16. The van der Waals surface area contributed by atoms with Gasteiger partial charge in [-0.3, -0.25) is 9.98 Å². The number of aliphatic hydroxyl groups is 2. The molecule has 2 aromatic rings. The second-order valence-corrected chi connectivity index (χ2v) is 4.66. The van der Waals surface area contributed by atoms with E-state index in [2.05, 4.69) is 9.97 Å². The average molecular weight is 265 g/mol. The predicted molar refractivity (Wildman–Crippen MR) is 64.0 cm³/mol. The van der Waals surface area contributed by atoms with E-state index in [4.69, 9.17) is 15.3 Å². The number of imidazole rings is 1. The molecule has 1 unspecified atom stereocenters. The first-order chi connectivity index (χ1) is 9.11. The van der Waals surface area contributed by atoms with Crippen molar-refractivity contribution in [2.45, 2.75) is 24.9 Å². The number of ether oxygens (including phenoxy) is 1. The van der Waals surface area contributed by atoms with Gasteiger partial charge in [0.25, 0.3) is 0 Å². The molecular formula is C11H15N5O3. The molecule has 0 spiro atoms. The minimum absolute atomic E-state index is 0.133. The molecule has 1 saturated heterocycles. The number of rotatable bonds is 2. The second-order valence-electron chi connectivity index (χ2n) is 4.66.